The number of Topliss-reactive ketones (excluding diaryl/α,β-unsaturated/α-hetero) is 1. The molecule has 1 aromatic carbocycles. The van der Waals surface area contributed by atoms with Crippen molar-refractivity contribution >= 4 is 5.78 Å². The minimum absolute atomic E-state index is 0.0174. The second-order valence-corrected chi connectivity index (χ2v) is 9.29. The molecule has 0 bridgehead atoms. The van der Waals surface area contributed by atoms with Gasteiger partial charge in [0.1, 0.15) is 5.78 Å². The van der Waals surface area contributed by atoms with Crippen molar-refractivity contribution in [2.24, 2.45) is 5.92 Å². The van der Waals surface area contributed by atoms with E-state index in [-0.39, 0.29) is 18.8 Å². The van der Waals surface area contributed by atoms with Crippen LogP contribution in [-0.2, 0) is 11.2 Å². The number of ether oxygens (including phenoxy) is 3. The molecular weight excluding hydrogens is 390 g/mol. The monoisotopic (exact) mass is 425 g/mol. The Labute approximate surface area is 186 Å². The van der Waals surface area contributed by atoms with E-state index in [1.165, 1.54) is 16.7 Å². The lowest BCUT2D eigenvalue weighted by Crippen LogP contribution is -2.35. The first-order chi connectivity index (χ1) is 15.0. The zero-order valence-electron chi connectivity index (χ0n) is 19.3. The third kappa shape index (κ3) is 4.67. The number of fused-ring (bicyclic) bond motifs is 2. The second-order valence-electron chi connectivity index (χ2n) is 9.29. The highest BCUT2D eigenvalue weighted by atomic mass is 16.7. The molecule has 0 fully saturated rings. The zero-order valence-corrected chi connectivity index (χ0v) is 19.3. The average molecular weight is 426 g/mol. The molecule has 0 radical (unpaired) electrons. The quantitative estimate of drug-likeness (QED) is 0.549. The highest BCUT2D eigenvalue weighted by Crippen LogP contribution is 2.50. The number of carbonyl (C=O) groups excluding carboxylic acids is 1. The minimum Gasteiger partial charge on any atom is -0.492 e. The van der Waals surface area contributed by atoms with Crippen molar-refractivity contribution in [1.82, 2.24) is 4.90 Å². The summed E-state index contributed by atoms with van der Waals surface area (Å²) in [5.74, 6) is 2.66. The summed E-state index contributed by atoms with van der Waals surface area (Å²) in [6.45, 7) is 5.44. The van der Waals surface area contributed by atoms with Gasteiger partial charge in [-0.1, -0.05) is 23.3 Å². The Kier molecular flexibility index (Phi) is 6.71. The van der Waals surface area contributed by atoms with Crippen LogP contribution in [0.2, 0.25) is 0 Å². The van der Waals surface area contributed by atoms with Crippen LogP contribution in [0.3, 0.4) is 0 Å². The van der Waals surface area contributed by atoms with Gasteiger partial charge in [-0.15, -0.1) is 0 Å². The number of nitrogens with zero attached hydrogens (tertiary/aromatic N) is 1. The number of allylic oxidation sites excluding steroid dienone is 4. The van der Waals surface area contributed by atoms with Crippen LogP contribution in [-0.4, -0.2) is 38.2 Å². The predicted molar refractivity (Wildman–Crippen MR) is 122 cm³/mol. The molecule has 0 saturated heterocycles. The standard InChI is InChI=1S/C26H35NO4/c1-17(2)6-5-7-18-8-10-19(11-9-18)22(28)15-21-24-20(12-13-27(21)3)14-23-25(26(24)29-4)31-16-30-23/h6,8,14,19,21H,5,7,9-13,15-16H2,1-4H3/t19-,21-/m1/s1. The Morgan fingerprint density at radius 2 is 2.13 bits per heavy atom. The van der Waals surface area contributed by atoms with Gasteiger partial charge in [0.05, 0.1) is 7.11 Å². The number of hydrogen-bond acceptors (Lipinski definition) is 5. The van der Waals surface area contributed by atoms with E-state index in [0.717, 1.165) is 62.1 Å². The molecule has 4 rings (SSSR count). The van der Waals surface area contributed by atoms with Crippen molar-refractivity contribution in [2.45, 2.75) is 64.8 Å². The van der Waals surface area contributed by atoms with Gasteiger partial charge < -0.3 is 14.2 Å². The first-order valence-electron chi connectivity index (χ1n) is 11.5. The highest BCUT2D eigenvalue weighted by Gasteiger charge is 2.36. The van der Waals surface area contributed by atoms with Crippen LogP contribution in [0.25, 0.3) is 0 Å². The Bertz CT molecular complexity index is 897. The first-order valence-corrected chi connectivity index (χ1v) is 11.5. The van der Waals surface area contributed by atoms with Crippen LogP contribution in [0.1, 0.15) is 69.5 Å². The van der Waals surface area contributed by atoms with Gasteiger partial charge in [-0.25, -0.2) is 0 Å². The Morgan fingerprint density at radius 1 is 1.29 bits per heavy atom. The molecule has 0 N–H and O–H groups in total. The fourth-order valence-corrected chi connectivity index (χ4v) is 5.09. The molecule has 0 amide bonds. The van der Waals surface area contributed by atoms with Crippen LogP contribution in [0.4, 0.5) is 0 Å². The topological polar surface area (TPSA) is 48.0 Å². The van der Waals surface area contributed by atoms with Crippen LogP contribution >= 0.6 is 0 Å². The van der Waals surface area contributed by atoms with Crippen LogP contribution in [0.15, 0.2) is 29.4 Å². The van der Waals surface area contributed by atoms with Crippen molar-refractivity contribution in [2.75, 3.05) is 27.5 Å². The van der Waals surface area contributed by atoms with Crippen LogP contribution < -0.4 is 14.2 Å². The molecule has 31 heavy (non-hydrogen) atoms. The van der Waals surface area contributed by atoms with E-state index in [1.807, 2.05) is 0 Å². The number of benzene rings is 1. The third-order valence-electron chi connectivity index (χ3n) is 6.92. The summed E-state index contributed by atoms with van der Waals surface area (Å²) in [5.41, 5.74) is 5.19. The van der Waals surface area contributed by atoms with Crippen molar-refractivity contribution in [3.8, 4) is 17.2 Å². The van der Waals surface area contributed by atoms with Crippen molar-refractivity contribution in [3.63, 3.8) is 0 Å². The molecule has 1 aromatic rings. The predicted octanol–water partition coefficient (Wildman–Crippen LogP) is 5.39. The maximum Gasteiger partial charge on any atom is 0.231 e. The van der Waals surface area contributed by atoms with Gasteiger partial charge in [-0.05, 0) is 71.0 Å². The molecule has 0 spiro atoms. The Balaban J connectivity index is 1.47. The van der Waals surface area contributed by atoms with Crippen LogP contribution in [0.5, 0.6) is 17.2 Å². The summed E-state index contributed by atoms with van der Waals surface area (Å²) < 4.78 is 17.1. The molecule has 0 saturated carbocycles. The summed E-state index contributed by atoms with van der Waals surface area (Å²) in [4.78, 5) is 15.6. The maximum absolute atomic E-state index is 13.3. The molecular formula is C26H35NO4. The third-order valence-corrected chi connectivity index (χ3v) is 6.92. The minimum atomic E-state index is 0.0174. The number of methoxy groups -OCH3 is 1. The molecule has 2 aliphatic heterocycles. The number of ketones is 1. The van der Waals surface area contributed by atoms with Gasteiger partial charge in [-0.2, -0.15) is 0 Å². The van der Waals surface area contributed by atoms with E-state index in [4.69, 9.17) is 14.2 Å². The molecule has 3 aliphatic rings. The molecule has 1 aliphatic carbocycles. The van der Waals surface area contributed by atoms with Crippen molar-refractivity contribution in [1.29, 1.82) is 0 Å². The molecule has 168 valence electrons. The summed E-state index contributed by atoms with van der Waals surface area (Å²) in [6, 6.07) is 2.09. The molecule has 2 atom stereocenters. The Hall–Kier alpha value is -2.27. The van der Waals surface area contributed by atoms with E-state index < -0.39 is 0 Å². The molecule has 2 heterocycles. The largest absolute Gasteiger partial charge is 0.492 e. The number of carbonyl (C=O) groups is 1. The zero-order chi connectivity index (χ0) is 22.0. The van der Waals surface area contributed by atoms with E-state index in [2.05, 4.69) is 44.0 Å². The van der Waals surface area contributed by atoms with E-state index in [0.29, 0.717) is 18.0 Å². The first kappa shape index (κ1) is 21.9. The van der Waals surface area contributed by atoms with Gasteiger partial charge in [-0.3, -0.25) is 9.69 Å². The fraction of sp³-hybridized carbons (Fsp3) is 0.577. The SMILES string of the molecule is COc1c2c(cc3c1[C@@H](CC(=O)[C@@H]1CC=C(CCC=C(C)C)CC1)N(C)CC3)OCO2. The van der Waals surface area contributed by atoms with Crippen molar-refractivity contribution < 1.29 is 19.0 Å². The summed E-state index contributed by atoms with van der Waals surface area (Å²) >= 11 is 0. The lowest BCUT2D eigenvalue weighted by atomic mass is 9.81. The summed E-state index contributed by atoms with van der Waals surface area (Å²) in [6.07, 6.45) is 11.2. The molecule has 5 nitrogen and oxygen atoms in total. The van der Waals surface area contributed by atoms with E-state index in [9.17, 15) is 4.79 Å². The van der Waals surface area contributed by atoms with Gasteiger partial charge in [0.2, 0.25) is 12.5 Å². The number of rotatable bonds is 7. The summed E-state index contributed by atoms with van der Waals surface area (Å²) in [5, 5.41) is 0. The average Bonchev–Trinajstić information content (AvgIpc) is 3.22. The van der Waals surface area contributed by atoms with Crippen molar-refractivity contribution in [3.05, 3.63) is 40.5 Å². The second kappa shape index (κ2) is 9.47. The summed E-state index contributed by atoms with van der Waals surface area (Å²) in [7, 11) is 3.78. The van der Waals surface area contributed by atoms with Gasteiger partial charge >= 0.3 is 0 Å². The lowest BCUT2D eigenvalue weighted by molar-refractivity contribution is -0.124. The van der Waals surface area contributed by atoms with E-state index in [1.54, 1.807) is 7.11 Å². The van der Waals surface area contributed by atoms with Crippen LogP contribution in [0, 0.1) is 5.92 Å². The van der Waals surface area contributed by atoms with Gasteiger partial charge in [0.15, 0.2) is 11.5 Å². The number of likely N-dealkylation sites (N-methyl/N-ethyl adjacent to an activating group) is 1. The van der Waals surface area contributed by atoms with Gasteiger partial charge in [0.25, 0.3) is 0 Å². The normalized spacial score (nSPS) is 22.5. The fourth-order valence-electron chi connectivity index (χ4n) is 5.09. The highest BCUT2D eigenvalue weighted by molar-refractivity contribution is 5.82. The Morgan fingerprint density at radius 3 is 2.84 bits per heavy atom. The molecule has 5 heteroatoms. The lowest BCUT2D eigenvalue weighted by Gasteiger charge is -2.36. The maximum atomic E-state index is 13.3. The van der Waals surface area contributed by atoms with E-state index >= 15 is 0 Å². The number of hydrogen-bond donors (Lipinski definition) is 0. The smallest absolute Gasteiger partial charge is 0.231 e. The van der Waals surface area contributed by atoms with Gasteiger partial charge in [0, 0.05) is 30.5 Å². The molecule has 0 aromatic heterocycles. The molecule has 0 unspecified atom stereocenters.